The third kappa shape index (κ3) is 1.57. The van der Waals surface area contributed by atoms with Gasteiger partial charge in [0.25, 0.3) is 0 Å². The van der Waals surface area contributed by atoms with Crippen molar-refractivity contribution < 1.29 is 9.59 Å². The molecule has 1 aliphatic rings. The summed E-state index contributed by atoms with van der Waals surface area (Å²) >= 11 is 0. The van der Waals surface area contributed by atoms with Crippen LogP contribution in [-0.4, -0.2) is 23.9 Å². The Kier molecular flexibility index (Phi) is 2.35. The predicted octanol–water partition coefficient (Wildman–Crippen LogP) is -0.355. The molecule has 68 valence electrons. The molecule has 1 fully saturated rings. The first-order chi connectivity index (χ1) is 5.52. The van der Waals surface area contributed by atoms with Gasteiger partial charge in [-0.2, -0.15) is 0 Å². The number of rotatable bonds is 1. The van der Waals surface area contributed by atoms with E-state index in [1.54, 1.807) is 6.92 Å². The highest BCUT2D eigenvalue weighted by Crippen LogP contribution is 2.06. The second-order valence-corrected chi connectivity index (χ2v) is 3.46. The quantitative estimate of drug-likeness (QED) is 0.565. The zero-order chi connectivity index (χ0) is 9.30. The van der Waals surface area contributed by atoms with Crippen molar-refractivity contribution in [1.29, 1.82) is 0 Å². The molecule has 2 atom stereocenters. The van der Waals surface area contributed by atoms with Gasteiger partial charge < -0.3 is 10.6 Å². The number of amides is 2. The summed E-state index contributed by atoms with van der Waals surface area (Å²) in [7, 11) is 0. The average Bonchev–Trinajstić information content (AvgIpc) is 1.96. The number of carbonyl (C=O) groups excluding carboxylic acids is 2. The third-order valence-electron chi connectivity index (χ3n) is 2.00. The van der Waals surface area contributed by atoms with E-state index in [-0.39, 0.29) is 23.8 Å². The van der Waals surface area contributed by atoms with Crippen molar-refractivity contribution in [1.82, 2.24) is 10.6 Å². The Bertz CT molecular complexity index is 213. The number of hydrogen-bond acceptors (Lipinski definition) is 2. The van der Waals surface area contributed by atoms with E-state index in [0.717, 1.165) is 0 Å². The van der Waals surface area contributed by atoms with Crippen molar-refractivity contribution in [3.63, 3.8) is 0 Å². The molecule has 0 aromatic rings. The fourth-order valence-corrected chi connectivity index (χ4v) is 1.18. The fraction of sp³-hybridized carbons (Fsp3) is 0.750. The molecule has 0 aliphatic carbocycles. The van der Waals surface area contributed by atoms with E-state index in [2.05, 4.69) is 10.6 Å². The van der Waals surface area contributed by atoms with Crippen LogP contribution in [-0.2, 0) is 9.59 Å². The normalized spacial score (nSPS) is 30.0. The topological polar surface area (TPSA) is 58.2 Å². The van der Waals surface area contributed by atoms with Crippen LogP contribution in [0.15, 0.2) is 0 Å². The van der Waals surface area contributed by atoms with Gasteiger partial charge in [0.05, 0.1) is 0 Å². The Labute approximate surface area is 71.7 Å². The van der Waals surface area contributed by atoms with Crippen LogP contribution in [0.2, 0.25) is 0 Å². The number of nitrogens with one attached hydrogen (secondary N) is 2. The highest BCUT2D eigenvalue weighted by Gasteiger charge is 2.32. The summed E-state index contributed by atoms with van der Waals surface area (Å²) in [5.41, 5.74) is 0. The third-order valence-corrected chi connectivity index (χ3v) is 2.00. The maximum absolute atomic E-state index is 11.3. The van der Waals surface area contributed by atoms with Crippen molar-refractivity contribution in [2.24, 2.45) is 5.92 Å². The molecule has 2 amide bonds. The molecule has 0 aromatic carbocycles. The number of carbonyl (C=O) groups is 2. The summed E-state index contributed by atoms with van der Waals surface area (Å²) in [6.45, 7) is 5.48. The molecule has 1 aliphatic heterocycles. The van der Waals surface area contributed by atoms with Gasteiger partial charge in [0.15, 0.2) is 0 Å². The summed E-state index contributed by atoms with van der Waals surface area (Å²) < 4.78 is 0. The Morgan fingerprint density at radius 3 is 2.25 bits per heavy atom. The molecule has 4 nitrogen and oxygen atoms in total. The van der Waals surface area contributed by atoms with E-state index in [1.165, 1.54) is 0 Å². The summed E-state index contributed by atoms with van der Waals surface area (Å²) in [6.07, 6.45) is 0. The van der Waals surface area contributed by atoms with E-state index in [1.807, 2.05) is 13.8 Å². The minimum absolute atomic E-state index is 0.0860. The van der Waals surface area contributed by atoms with Gasteiger partial charge in [0, 0.05) is 0 Å². The maximum atomic E-state index is 11.3. The van der Waals surface area contributed by atoms with Gasteiger partial charge in [-0.3, -0.25) is 9.59 Å². The summed E-state index contributed by atoms with van der Waals surface area (Å²) in [4.78, 5) is 22.4. The lowest BCUT2D eigenvalue weighted by atomic mass is 10.0. The van der Waals surface area contributed by atoms with Crippen LogP contribution >= 0.6 is 0 Å². The van der Waals surface area contributed by atoms with Crippen molar-refractivity contribution >= 4 is 11.8 Å². The van der Waals surface area contributed by atoms with Gasteiger partial charge in [-0.25, -0.2) is 0 Å². The van der Waals surface area contributed by atoms with Gasteiger partial charge >= 0.3 is 0 Å². The van der Waals surface area contributed by atoms with Gasteiger partial charge in [0.1, 0.15) is 12.1 Å². The van der Waals surface area contributed by atoms with Crippen molar-refractivity contribution in [2.75, 3.05) is 0 Å². The summed E-state index contributed by atoms with van der Waals surface area (Å²) in [5.74, 6) is -0.0492. The number of piperazine rings is 1. The molecular formula is C8H14N2O2. The first kappa shape index (κ1) is 9.03. The average molecular weight is 170 g/mol. The van der Waals surface area contributed by atoms with E-state index in [9.17, 15) is 9.59 Å². The lowest BCUT2D eigenvalue weighted by Gasteiger charge is -2.29. The molecule has 1 heterocycles. The van der Waals surface area contributed by atoms with Crippen molar-refractivity contribution in [3.05, 3.63) is 0 Å². The molecule has 1 rings (SSSR count). The molecule has 0 radical (unpaired) electrons. The molecule has 0 spiro atoms. The van der Waals surface area contributed by atoms with E-state index < -0.39 is 6.04 Å². The lowest BCUT2D eigenvalue weighted by molar-refractivity contribution is -0.137. The molecule has 0 unspecified atom stereocenters. The zero-order valence-corrected chi connectivity index (χ0v) is 7.55. The SMILES string of the molecule is CC(C)[C@@H]1NC(=O)[C@@H](C)NC1=O. The fourth-order valence-electron chi connectivity index (χ4n) is 1.18. The molecule has 4 heteroatoms. The highest BCUT2D eigenvalue weighted by molar-refractivity contribution is 5.96. The molecular weight excluding hydrogens is 156 g/mol. The molecule has 2 N–H and O–H groups in total. The Morgan fingerprint density at radius 2 is 1.75 bits per heavy atom. The second-order valence-electron chi connectivity index (χ2n) is 3.46. The van der Waals surface area contributed by atoms with Gasteiger partial charge in [-0.05, 0) is 12.8 Å². The molecule has 1 saturated heterocycles. The van der Waals surface area contributed by atoms with Gasteiger partial charge in [-0.15, -0.1) is 0 Å². The molecule has 0 bridgehead atoms. The Morgan fingerprint density at radius 1 is 1.17 bits per heavy atom. The van der Waals surface area contributed by atoms with Crippen LogP contribution in [0.3, 0.4) is 0 Å². The monoisotopic (exact) mass is 170 g/mol. The first-order valence-electron chi connectivity index (χ1n) is 4.13. The van der Waals surface area contributed by atoms with Crippen LogP contribution < -0.4 is 10.6 Å². The van der Waals surface area contributed by atoms with Crippen LogP contribution in [0.25, 0.3) is 0 Å². The van der Waals surface area contributed by atoms with E-state index in [4.69, 9.17) is 0 Å². The number of hydrogen-bond donors (Lipinski definition) is 2. The predicted molar refractivity (Wildman–Crippen MR) is 44.4 cm³/mol. The van der Waals surface area contributed by atoms with E-state index in [0.29, 0.717) is 0 Å². The largest absolute Gasteiger partial charge is 0.343 e. The smallest absolute Gasteiger partial charge is 0.243 e. The maximum Gasteiger partial charge on any atom is 0.243 e. The lowest BCUT2D eigenvalue weighted by Crippen LogP contribution is -2.62. The van der Waals surface area contributed by atoms with E-state index >= 15 is 0 Å². The minimum atomic E-state index is -0.396. The molecule has 0 saturated carbocycles. The second kappa shape index (κ2) is 3.13. The Balaban J connectivity index is 2.68. The van der Waals surface area contributed by atoms with Crippen LogP contribution in [0.5, 0.6) is 0 Å². The summed E-state index contributed by atoms with van der Waals surface area (Å²) in [6, 6.07) is -0.763. The zero-order valence-electron chi connectivity index (χ0n) is 7.55. The first-order valence-corrected chi connectivity index (χ1v) is 4.13. The van der Waals surface area contributed by atoms with Crippen LogP contribution in [0, 0.1) is 5.92 Å². The van der Waals surface area contributed by atoms with Crippen LogP contribution in [0.1, 0.15) is 20.8 Å². The van der Waals surface area contributed by atoms with Gasteiger partial charge in [0.2, 0.25) is 11.8 Å². The van der Waals surface area contributed by atoms with Crippen molar-refractivity contribution in [3.8, 4) is 0 Å². The minimum Gasteiger partial charge on any atom is -0.343 e. The standard InChI is InChI=1S/C8H14N2O2/c1-4(2)6-8(12)9-5(3)7(11)10-6/h4-6H,1-3H3,(H,9,12)(H,10,11)/t5-,6+/m1/s1. The van der Waals surface area contributed by atoms with Gasteiger partial charge in [-0.1, -0.05) is 13.8 Å². The van der Waals surface area contributed by atoms with Crippen molar-refractivity contribution in [2.45, 2.75) is 32.9 Å². The molecule has 12 heavy (non-hydrogen) atoms. The van der Waals surface area contributed by atoms with Crippen LogP contribution in [0.4, 0.5) is 0 Å². The Hall–Kier alpha value is -1.06. The molecule has 0 aromatic heterocycles. The summed E-state index contributed by atoms with van der Waals surface area (Å²) in [5, 5.41) is 5.27. The highest BCUT2D eigenvalue weighted by atomic mass is 16.2.